The molecule has 2 N–H and O–H groups in total. The lowest BCUT2D eigenvalue weighted by molar-refractivity contribution is -0.152. The van der Waals surface area contributed by atoms with Gasteiger partial charge in [-0.2, -0.15) is 0 Å². The van der Waals surface area contributed by atoms with Gasteiger partial charge in [0.2, 0.25) is 11.8 Å². The Kier molecular flexibility index (Phi) is 5.93. The molecule has 1 saturated heterocycles. The number of likely N-dealkylation sites (tertiary alicyclic amines) is 1. The molecule has 2 amide bonds. The molecule has 3 unspecified atom stereocenters. The van der Waals surface area contributed by atoms with Crippen molar-refractivity contribution in [3.63, 3.8) is 0 Å². The third-order valence-corrected chi connectivity index (χ3v) is 7.78. The molecule has 3 aliphatic carbocycles. The lowest BCUT2D eigenvalue weighted by atomic mass is 9.83. The molecule has 0 radical (unpaired) electrons. The van der Waals surface area contributed by atoms with Crippen LogP contribution >= 0.6 is 0 Å². The summed E-state index contributed by atoms with van der Waals surface area (Å²) >= 11 is 0. The van der Waals surface area contributed by atoms with Gasteiger partial charge < -0.3 is 15.3 Å². The summed E-state index contributed by atoms with van der Waals surface area (Å²) in [6, 6.07) is -0.337. The van der Waals surface area contributed by atoms with Gasteiger partial charge >= 0.3 is 5.97 Å². The van der Waals surface area contributed by atoms with Crippen LogP contribution < -0.4 is 5.32 Å². The first-order chi connectivity index (χ1) is 13.5. The number of carboxylic acids is 1. The molecule has 0 aromatic heterocycles. The summed E-state index contributed by atoms with van der Waals surface area (Å²) < 4.78 is 0. The van der Waals surface area contributed by atoms with Crippen molar-refractivity contribution in [2.45, 2.75) is 102 Å². The van der Waals surface area contributed by atoms with Crippen molar-refractivity contribution in [3.8, 4) is 0 Å². The predicted octanol–water partition coefficient (Wildman–Crippen LogP) is 3.10. The van der Waals surface area contributed by atoms with E-state index in [2.05, 4.69) is 5.32 Å². The zero-order chi connectivity index (χ0) is 19.7. The minimum atomic E-state index is -0.847. The van der Waals surface area contributed by atoms with E-state index in [9.17, 15) is 19.5 Å². The number of nitrogens with one attached hydrogen (secondary N) is 1. The molecule has 0 aromatic rings. The summed E-state index contributed by atoms with van der Waals surface area (Å²) in [5.41, 5.74) is 0. The molecular formula is C22H34N2O4. The molecule has 1 heterocycles. The Balaban J connectivity index is 1.33. The second-order valence-electron chi connectivity index (χ2n) is 9.49. The Morgan fingerprint density at radius 2 is 1.43 bits per heavy atom. The van der Waals surface area contributed by atoms with Crippen molar-refractivity contribution in [3.05, 3.63) is 0 Å². The van der Waals surface area contributed by atoms with Gasteiger partial charge in [-0.15, -0.1) is 0 Å². The number of hydrogen-bond donors (Lipinski definition) is 2. The van der Waals surface area contributed by atoms with Crippen molar-refractivity contribution in [2.24, 2.45) is 17.8 Å². The second-order valence-corrected chi connectivity index (χ2v) is 9.49. The number of rotatable bonds is 4. The van der Waals surface area contributed by atoms with Crippen molar-refractivity contribution < 1.29 is 19.5 Å². The number of nitrogens with zero attached hydrogens (tertiary/aromatic N) is 1. The van der Waals surface area contributed by atoms with Crippen molar-refractivity contribution in [2.75, 3.05) is 0 Å². The highest BCUT2D eigenvalue weighted by Crippen LogP contribution is 2.41. The first kappa shape index (κ1) is 19.7. The molecule has 4 aliphatic rings. The summed E-state index contributed by atoms with van der Waals surface area (Å²) in [7, 11) is 0. The van der Waals surface area contributed by atoms with Crippen LogP contribution in [0.25, 0.3) is 0 Å². The minimum absolute atomic E-state index is 0.0577. The molecule has 4 fully saturated rings. The van der Waals surface area contributed by atoms with Crippen LogP contribution in [0.4, 0.5) is 0 Å². The first-order valence-corrected chi connectivity index (χ1v) is 11.4. The van der Waals surface area contributed by atoms with Gasteiger partial charge in [0.25, 0.3) is 0 Å². The maximum absolute atomic E-state index is 13.3. The van der Waals surface area contributed by atoms with E-state index in [1.165, 1.54) is 0 Å². The third-order valence-electron chi connectivity index (χ3n) is 7.78. The molecule has 6 nitrogen and oxygen atoms in total. The monoisotopic (exact) mass is 390 g/mol. The van der Waals surface area contributed by atoms with Crippen LogP contribution in [0.3, 0.4) is 0 Å². The molecule has 4 rings (SSSR count). The quantitative estimate of drug-likeness (QED) is 0.772. The Morgan fingerprint density at radius 3 is 2.11 bits per heavy atom. The number of carboxylic acid groups (broad SMARTS) is 1. The van der Waals surface area contributed by atoms with Gasteiger partial charge in [0.15, 0.2) is 0 Å². The Bertz CT molecular complexity index is 608. The van der Waals surface area contributed by atoms with Crippen LogP contribution in [0.1, 0.15) is 83.5 Å². The Labute approximate surface area is 167 Å². The maximum Gasteiger partial charge on any atom is 0.326 e. The zero-order valence-electron chi connectivity index (χ0n) is 16.8. The van der Waals surface area contributed by atoms with Crippen LogP contribution in [0, 0.1) is 17.8 Å². The number of amides is 2. The molecule has 0 spiro atoms. The summed E-state index contributed by atoms with van der Waals surface area (Å²) in [5, 5.41) is 12.9. The molecule has 156 valence electrons. The topological polar surface area (TPSA) is 86.7 Å². The average Bonchev–Trinajstić information content (AvgIpc) is 3.36. The normalized spacial score (nSPS) is 36.1. The molecular weight excluding hydrogens is 356 g/mol. The highest BCUT2D eigenvalue weighted by Gasteiger charge is 2.49. The number of carbonyl (C=O) groups is 3. The summed E-state index contributed by atoms with van der Waals surface area (Å²) in [6.45, 7) is 0. The second kappa shape index (κ2) is 8.42. The Hall–Kier alpha value is -1.59. The van der Waals surface area contributed by atoms with Gasteiger partial charge in [0, 0.05) is 23.9 Å². The van der Waals surface area contributed by atoms with Gasteiger partial charge in [0.05, 0.1) is 0 Å². The number of hydrogen-bond acceptors (Lipinski definition) is 3. The van der Waals surface area contributed by atoms with Gasteiger partial charge in [0.1, 0.15) is 6.04 Å². The van der Waals surface area contributed by atoms with E-state index in [1.807, 2.05) is 0 Å². The largest absolute Gasteiger partial charge is 0.480 e. The highest BCUT2D eigenvalue weighted by atomic mass is 16.4. The van der Waals surface area contributed by atoms with Crippen LogP contribution in [0.5, 0.6) is 0 Å². The van der Waals surface area contributed by atoms with E-state index in [4.69, 9.17) is 0 Å². The van der Waals surface area contributed by atoms with Crippen LogP contribution in [-0.4, -0.2) is 45.9 Å². The van der Waals surface area contributed by atoms with E-state index in [0.29, 0.717) is 12.3 Å². The van der Waals surface area contributed by atoms with Gasteiger partial charge in [-0.05, 0) is 63.7 Å². The maximum atomic E-state index is 13.3. The van der Waals surface area contributed by atoms with Crippen LogP contribution in [-0.2, 0) is 14.4 Å². The fourth-order valence-electron chi connectivity index (χ4n) is 6.20. The lowest BCUT2D eigenvalue weighted by Gasteiger charge is -2.37. The average molecular weight is 391 g/mol. The lowest BCUT2D eigenvalue weighted by Crippen LogP contribution is -2.50. The summed E-state index contributed by atoms with van der Waals surface area (Å²) in [6.07, 6.45) is 12.4. The van der Waals surface area contributed by atoms with Crippen LogP contribution in [0.2, 0.25) is 0 Å². The van der Waals surface area contributed by atoms with Gasteiger partial charge in [-0.25, -0.2) is 4.79 Å². The fourth-order valence-corrected chi connectivity index (χ4v) is 6.20. The minimum Gasteiger partial charge on any atom is -0.480 e. The molecule has 3 saturated carbocycles. The van der Waals surface area contributed by atoms with Gasteiger partial charge in [-0.3, -0.25) is 9.59 Å². The molecule has 6 heteroatoms. The SMILES string of the molecule is O=C(NC1CCC(C(=O)N2C(C(=O)O)CC3CCCCC32)CC1)C1CCCC1. The first-order valence-electron chi connectivity index (χ1n) is 11.4. The van der Waals surface area contributed by atoms with Gasteiger partial charge in [-0.1, -0.05) is 25.7 Å². The Morgan fingerprint density at radius 1 is 0.786 bits per heavy atom. The van der Waals surface area contributed by atoms with E-state index in [-0.39, 0.29) is 35.7 Å². The van der Waals surface area contributed by atoms with Crippen molar-refractivity contribution in [1.82, 2.24) is 10.2 Å². The van der Waals surface area contributed by atoms with E-state index >= 15 is 0 Å². The third kappa shape index (κ3) is 3.92. The number of fused-ring (bicyclic) bond motifs is 1. The molecule has 28 heavy (non-hydrogen) atoms. The molecule has 3 atom stereocenters. The number of carbonyl (C=O) groups excluding carboxylic acids is 2. The summed E-state index contributed by atoms with van der Waals surface area (Å²) in [4.78, 5) is 39.2. The van der Waals surface area contributed by atoms with Crippen LogP contribution in [0.15, 0.2) is 0 Å². The molecule has 1 aliphatic heterocycles. The highest BCUT2D eigenvalue weighted by molar-refractivity contribution is 5.86. The fraction of sp³-hybridized carbons (Fsp3) is 0.864. The number of aliphatic carboxylic acids is 1. The van der Waals surface area contributed by atoms with Crippen molar-refractivity contribution >= 4 is 17.8 Å². The van der Waals surface area contributed by atoms with Crippen molar-refractivity contribution in [1.29, 1.82) is 0 Å². The standard InChI is InChI=1S/C22H34N2O4/c25-20(14-5-1-2-6-14)23-17-11-9-15(10-12-17)21(26)24-18-8-4-3-7-16(18)13-19(24)22(27)28/h14-19H,1-13H2,(H,23,25)(H,27,28). The van der Waals surface area contributed by atoms with E-state index < -0.39 is 12.0 Å². The predicted molar refractivity (Wildman–Crippen MR) is 104 cm³/mol. The van der Waals surface area contributed by atoms with E-state index in [1.54, 1.807) is 4.90 Å². The summed E-state index contributed by atoms with van der Waals surface area (Å²) in [5.74, 6) is -0.128. The van der Waals surface area contributed by atoms with E-state index in [0.717, 1.165) is 77.0 Å². The molecule has 0 bridgehead atoms. The zero-order valence-corrected chi connectivity index (χ0v) is 16.8. The smallest absolute Gasteiger partial charge is 0.326 e. The molecule has 0 aromatic carbocycles.